The van der Waals surface area contributed by atoms with Crippen molar-refractivity contribution in [2.75, 3.05) is 6.61 Å². The van der Waals surface area contributed by atoms with Crippen molar-refractivity contribution in [3.05, 3.63) is 29.3 Å². The van der Waals surface area contributed by atoms with Gasteiger partial charge in [-0.1, -0.05) is 26.3 Å². The Balaban J connectivity index is 2.00. The largest absolute Gasteiger partial charge is 0.493 e. The van der Waals surface area contributed by atoms with Gasteiger partial charge in [0.2, 0.25) is 0 Å². The lowest BCUT2D eigenvalue weighted by atomic mass is 9.88. The average molecular weight is 247 g/mol. The van der Waals surface area contributed by atoms with Crippen LogP contribution in [0.25, 0.3) is 0 Å². The van der Waals surface area contributed by atoms with Crippen molar-refractivity contribution in [3.8, 4) is 5.75 Å². The third kappa shape index (κ3) is 3.26. The maximum absolute atomic E-state index is 6.16. The lowest BCUT2D eigenvalue weighted by molar-refractivity contribution is 0.251. The fraction of sp³-hybridized carbons (Fsp3) is 0.625. The van der Waals surface area contributed by atoms with Gasteiger partial charge in [0.15, 0.2) is 0 Å². The van der Waals surface area contributed by atoms with E-state index in [1.165, 1.54) is 30.4 Å². The predicted molar refractivity (Wildman–Crippen MR) is 75.9 cm³/mol. The first-order chi connectivity index (χ1) is 8.70. The van der Waals surface area contributed by atoms with E-state index >= 15 is 0 Å². The number of rotatable bonds is 5. The summed E-state index contributed by atoms with van der Waals surface area (Å²) in [5.41, 5.74) is 8.86. The first kappa shape index (κ1) is 13.4. The Morgan fingerprint density at radius 3 is 3.06 bits per heavy atom. The second-order valence-electron chi connectivity index (χ2n) is 5.56. The summed E-state index contributed by atoms with van der Waals surface area (Å²) in [5.74, 6) is 1.61. The molecular weight excluding hydrogens is 222 g/mol. The van der Waals surface area contributed by atoms with Crippen LogP contribution >= 0.6 is 0 Å². The van der Waals surface area contributed by atoms with Crippen molar-refractivity contribution >= 4 is 0 Å². The summed E-state index contributed by atoms with van der Waals surface area (Å²) in [7, 11) is 0. The molecule has 0 fully saturated rings. The van der Waals surface area contributed by atoms with Gasteiger partial charge in [-0.05, 0) is 54.9 Å². The zero-order valence-electron chi connectivity index (χ0n) is 11.6. The predicted octanol–water partition coefficient (Wildman–Crippen LogP) is 3.84. The zero-order valence-corrected chi connectivity index (χ0v) is 11.6. The normalized spacial score (nSPS) is 20.3. The average Bonchev–Trinajstić information content (AvgIpc) is 2.37. The highest BCUT2D eigenvalue weighted by Crippen LogP contribution is 2.31. The summed E-state index contributed by atoms with van der Waals surface area (Å²) < 4.78 is 5.88. The Hall–Kier alpha value is -1.02. The molecule has 0 spiro atoms. The maximum Gasteiger partial charge on any atom is 0.119 e. The molecule has 18 heavy (non-hydrogen) atoms. The van der Waals surface area contributed by atoms with E-state index in [1.54, 1.807) is 0 Å². The molecule has 100 valence electrons. The SMILES string of the molecule is CCCC(C)COc1ccc2c(c1)C(N)CCC2. The lowest BCUT2D eigenvalue weighted by Gasteiger charge is -2.23. The van der Waals surface area contributed by atoms with Crippen LogP contribution in [0.1, 0.15) is 56.7 Å². The molecule has 0 amide bonds. The minimum absolute atomic E-state index is 0.199. The minimum Gasteiger partial charge on any atom is -0.493 e. The van der Waals surface area contributed by atoms with Gasteiger partial charge in [0.05, 0.1) is 6.61 Å². The Labute approximate surface area is 111 Å². The van der Waals surface area contributed by atoms with Crippen molar-refractivity contribution in [1.29, 1.82) is 0 Å². The van der Waals surface area contributed by atoms with Crippen LogP contribution in [0.4, 0.5) is 0 Å². The van der Waals surface area contributed by atoms with E-state index in [0.717, 1.165) is 25.2 Å². The molecule has 1 aromatic carbocycles. The number of hydrogen-bond acceptors (Lipinski definition) is 2. The fourth-order valence-corrected chi connectivity index (χ4v) is 2.72. The highest BCUT2D eigenvalue weighted by Gasteiger charge is 2.17. The summed E-state index contributed by atoms with van der Waals surface area (Å²) in [5, 5.41) is 0. The van der Waals surface area contributed by atoms with Crippen LogP contribution in [-0.4, -0.2) is 6.61 Å². The number of fused-ring (bicyclic) bond motifs is 1. The summed E-state index contributed by atoms with van der Waals surface area (Å²) in [6.45, 7) is 5.27. The van der Waals surface area contributed by atoms with Crippen LogP contribution in [-0.2, 0) is 6.42 Å². The molecule has 0 saturated heterocycles. The van der Waals surface area contributed by atoms with Crippen LogP contribution in [0.15, 0.2) is 18.2 Å². The van der Waals surface area contributed by atoms with E-state index in [2.05, 4.69) is 32.0 Å². The van der Waals surface area contributed by atoms with Gasteiger partial charge in [-0.3, -0.25) is 0 Å². The van der Waals surface area contributed by atoms with Crippen LogP contribution in [0.5, 0.6) is 5.75 Å². The third-order valence-corrected chi connectivity index (χ3v) is 3.79. The molecule has 2 N–H and O–H groups in total. The van der Waals surface area contributed by atoms with E-state index in [-0.39, 0.29) is 6.04 Å². The molecule has 2 heteroatoms. The molecule has 1 aliphatic rings. The van der Waals surface area contributed by atoms with Gasteiger partial charge in [-0.15, -0.1) is 0 Å². The Bertz CT molecular complexity index is 389. The van der Waals surface area contributed by atoms with Crippen molar-refractivity contribution in [2.24, 2.45) is 11.7 Å². The lowest BCUT2D eigenvalue weighted by Crippen LogP contribution is -2.17. The summed E-state index contributed by atoms with van der Waals surface area (Å²) in [6, 6.07) is 6.63. The first-order valence-electron chi connectivity index (χ1n) is 7.22. The molecule has 2 atom stereocenters. The molecule has 1 aromatic rings. The van der Waals surface area contributed by atoms with Gasteiger partial charge in [-0.25, -0.2) is 0 Å². The Morgan fingerprint density at radius 1 is 1.44 bits per heavy atom. The third-order valence-electron chi connectivity index (χ3n) is 3.79. The molecule has 1 aliphatic carbocycles. The molecule has 0 bridgehead atoms. The van der Waals surface area contributed by atoms with E-state index in [1.807, 2.05) is 0 Å². The van der Waals surface area contributed by atoms with E-state index in [9.17, 15) is 0 Å². The molecule has 0 radical (unpaired) electrons. The summed E-state index contributed by atoms with van der Waals surface area (Å²) >= 11 is 0. The Morgan fingerprint density at radius 2 is 2.28 bits per heavy atom. The van der Waals surface area contributed by atoms with Gasteiger partial charge in [-0.2, -0.15) is 0 Å². The van der Waals surface area contributed by atoms with E-state index in [0.29, 0.717) is 5.92 Å². The number of hydrogen-bond donors (Lipinski definition) is 1. The van der Waals surface area contributed by atoms with Crippen molar-refractivity contribution in [3.63, 3.8) is 0 Å². The molecule has 2 unspecified atom stereocenters. The highest BCUT2D eigenvalue weighted by atomic mass is 16.5. The monoisotopic (exact) mass is 247 g/mol. The minimum atomic E-state index is 0.199. The second-order valence-corrected chi connectivity index (χ2v) is 5.56. The van der Waals surface area contributed by atoms with Crippen molar-refractivity contribution in [1.82, 2.24) is 0 Å². The van der Waals surface area contributed by atoms with Gasteiger partial charge in [0.1, 0.15) is 5.75 Å². The second kappa shape index (κ2) is 6.24. The zero-order chi connectivity index (χ0) is 13.0. The van der Waals surface area contributed by atoms with E-state index in [4.69, 9.17) is 10.5 Å². The smallest absolute Gasteiger partial charge is 0.119 e. The molecule has 2 rings (SSSR count). The summed E-state index contributed by atoms with van der Waals surface area (Å²) in [6.07, 6.45) is 5.92. The Kier molecular flexibility index (Phi) is 4.65. The van der Waals surface area contributed by atoms with Crippen LogP contribution in [0.2, 0.25) is 0 Å². The van der Waals surface area contributed by atoms with Crippen molar-refractivity contribution in [2.45, 2.75) is 52.0 Å². The van der Waals surface area contributed by atoms with Crippen molar-refractivity contribution < 1.29 is 4.74 Å². The van der Waals surface area contributed by atoms with E-state index < -0.39 is 0 Å². The van der Waals surface area contributed by atoms with Crippen LogP contribution < -0.4 is 10.5 Å². The number of benzene rings is 1. The number of aryl methyl sites for hydroxylation is 1. The number of nitrogens with two attached hydrogens (primary N) is 1. The van der Waals surface area contributed by atoms with Gasteiger partial charge < -0.3 is 10.5 Å². The molecular formula is C16H25NO. The van der Waals surface area contributed by atoms with Crippen LogP contribution in [0, 0.1) is 5.92 Å². The molecule has 2 nitrogen and oxygen atoms in total. The van der Waals surface area contributed by atoms with Gasteiger partial charge >= 0.3 is 0 Å². The van der Waals surface area contributed by atoms with Crippen LogP contribution in [0.3, 0.4) is 0 Å². The topological polar surface area (TPSA) is 35.2 Å². The quantitative estimate of drug-likeness (QED) is 0.858. The fourth-order valence-electron chi connectivity index (χ4n) is 2.72. The molecule has 0 heterocycles. The summed E-state index contributed by atoms with van der Waals surface area (Å²) in [4.78, 5) is 0. The number of ether oxygens (including phenoxy) is 1. The molecule has 0 aliphatic heterocycles. The standard InChI is InChI=1S/C16H25NO/c1-3-5-12(2)11-18-14-9-8-13-6-4-7-16(17)15(13)10-14/h8-10,12,16H,3-7,11,17H2,1-2H3. The van der Waals surface area contributed by atoms with Gasteiger partial charge in [0.25, 0.3) is 0 Å². The molecule has 0 saturated carbocycles. The first-order valence-corrected chi connectivity index (χ1v) is 7.22. The highest BCUT2D eigenvalue weighted by molar-refractivity contribution is 5.39. The molecule has 0 aromatic heterocycles. The van der Waals surface area contributed by atoms with Gasteiger partial charge in [0, 0.05) is 6.04 Å². The maximum atomic E-state index is 6.16.